The van der Waals surface area contributed by atoms with E-state index in [1.165, 1.54) is 16.7 Å². The topological polar surface area (TPSA) is 21.3 Å². The summed E-state index contributed by atoms with van der Waals surface area (Å²) in [5, 5.41) is 3.50. The van der Waals surface area contributed by atoms with Crippen molar-refractivity contribution in [2.24, 2.45) is 0 Å². The molecule has 24 heavy (non-hydrogen) atoms. The van der Waals surface area contributed by atoms with Gasteiger partial charge in [0, 0.05) is 6.54 Å². The third-order valence-corrected chi connectivity index (χ3v) is 4.10. The second-order valence-corrected chi connectivity index (χ2v) is 5.87. The van der Waals surface area contributed by atoms with E-state index in [0.29, 0.717) is 6.61 Å². The number of para-hydroxylation sites is 2. The van der Waals surface area contributed by atoms with Gasteiger partial charge in [0.05, 0.1) is 5.69 Å². The fourth-order valence-electron chi connectivity index (χ4n) is 2.70. The van der Waals surface area contributed by atoms with Gasteiger partial charge in [0.2, 0.25) is 0 Å². The van der Waals surface area contributed by atoms with Gasteiger partial charge in [-0.3, -0.25) is 0 Å². The van der Waals surface area contributed by atoms with Crippen molar-refractivity contribution in [2.75, 3.05) is 11.9 Å². The Balaban J connectivity index is 1.59. The first-order chi connectivity index (χ1) is 11.8. The van der Waals surface area contributed by atoms with E-state index in [1.807, 2.05) is 36.4 Å². The van der Waals surface area contributed by atoms with Crippen LogP contribution in [0.1, 0.15) is 16.7 Å². The maximum absolute atomic E-state index is 5.99. The lowest BCUT2D eigenvalue weighted by molar-refractivity contribution is 0.307. The molecule has 0 aliphatic heterocycles. The Morgan fingerprint density at radius 1 is 0.792 bits per heavy atom. The number of rotatable bonds is 7. The predicted molar refractivity (Wildman–Crippen MR) is 101 cm³/mol. The van der Waals surface area contributed by atoms with Crippen LogP contribution in [-0.4, -0.2) is 6.54 Å². The van der Waals surface area contributed by atoms with Gasteiger partial charge in [-0.2, -0.15) is 0 Å². The molecular weight excluding hydrogens is 294 g/mol. The molecule has 1 N–H and O–H groups in total. The third-order valence-electron chi connectivity index (χ3n) is 4.10. The molecule has 3 aromatic rings. The molecule has 0 unspecified atom stereocenters. The quantitative estimate of drug-likeness (QED) is 0.644. The van der Waals surface area contributed by atoms with Crippen molar-refractivity contribution in [1.82, 2.24) is 0 Å². The Morgan fingerprint density at radius 2 is 1.50 bits per heavy atom. The first-order valence-electron chi connectivity index (χ1n) is 8.37. The van der Waals surface area contributed by atoms with Crippen molar-refractivity contribution in [1.29, 1.82) is 0 Å². The van der Waals surface area contributed by atoms with Crippen molar-refractivity contribution in [3.05, 3.63) is 95.6 Å². The smallest absolute Gasteiger partial charge is 0.142 e. The van der Waals surface area contributed by atoms with Gasteiger partial charge in [-0.15, -0.1) is 0 Å². The Labute approximate surface area is 144 Å². The van der Waals surface area contributed by atoms with E-state index < -0.39 is 0 Å². The van der Waals surface area contributed by atoms with Gasteiger partial charge >= 0.3 is 0 Å². The van der Waals surface area contributed by atoms with Crippen molar-refractivity contribution in [3.63, 3.8) is 0 Å². The highest BCUT2D eigenvalue weighted by atomic mass is 16.5. The standard InChI is InChI=1S/C22H23NO/c1-18-9-5-6-12-20(18)15-16-23-21-13-7-8-14-22(21)24-17-19-10-3-2-4-11-19/h2-14,23H,15-17H2,1H3. The monoisotopic (exact) mass is 317 g/mol. The molecule has 0 heterocycles. The Hall–Kier alpha value is -2.74. The van der Waals surface area contributed by atoms with Gasteiger partial charge in [0.25, 0.3) is 0 Å². The zero-order chi connectivity index (χ0) is 16.6. The molecule has 0 fully saturated rings. The summed E-state index contributed by atoms with van der Waals surface area (Å²) in [6, 6.07) is 26.9. The summed E-state index contributed by atoms with van der Waals surface area (Å²) in [6.07, 6.45) is 1.000. The summed E-state index contributed by atoms with van der Waals surface area (Å²) in [5.74, 6) is 0.895. The fraction of sp³-hybridized carbons (Fsp3) is 0.182. The highest BCUT2D eigenvalue weighted by molar-refractivity contribution is 5.56. The van der Waals surface area contributed by atoms with Gasteiger partial charge in [0.15, 0.2) is 0 Å². The highest BCUT2D eigenvalue weighted by Gasteiger charge is 2.04. The molecule has 0 aromatic heterocycles. The molecule has 3 rings (SSSR count). The lowest BCUT2D eigenvalue weighted by Crippen LogP contribution is -2.07. The maximum atomic E-state index is 5.99. The van der Waals surface area contributed by atoms with Crippen LogP contribution in [-0.2, 0) is 13.0 Å². The molecule has 0 saturated heterocycles. The minimum Gasteiger partial charge on any atom is -0.487 e. The number of benzene rings is 3. The third kappa shape index (κ3) is 4.39. The molecule has 2 nitrogen and oxygen atoms in total. The number of nitrogens with one attached hydrogen (secondary N) is 1. The molecular formula is C22H23NO. The predicted octanol–water partition coefficient (Wildman–Crippen LogP) is 5.23. The van der Waals surface area contributed by atoms with Crippen LogP contribution in [0.2, 0.25) is 0 Å². The highest BCUT2D eigenvalue weighted by Crippen LogP contribution is 2.24. The van der Waals surface area contributed by atoms with Gasteiger partial charge in [-0.1, -0.05) is 66.7 Å². The van der Waals surface area contributed by atoms with E-state index in [-0.39, 0.29) is 0 Å². The summed E-state index contributed by atoms with van der Waals surface area (Å²) in [6.45, 7) is 3.63. The van der Waals surface area contributed by atoms with Crippen LogP contribution in [0.4, 0.5) is 5.69 Å². The number of hydrogen-bond acceptors (Lipinski definition) is 2. The fourth-order valence-corrected chi connectivity index (χ4v) is 2.70. The van der Waals surface area contributed by atoms with Gasteiger partial charge in [-0.05, 0) is 42.2 Å². The van der Waals surface area contributed by atoms with E-state index in [4.69, 9.17) is 4.74 Å². The number of ether oxygens (including phenoxy) is 1. The molecule has 0 aliphatic rings. The summed E-state index contributed by atoms with van der Waals surface area (Å²) < 4.78 is 5.99. The van der Waals surface area contributed by atoms with Crippen LogP contribution in [0.25, 0.3) is 0 Å². The summed E-state index contributed by atoms with van der Waals surface area (Å²) in [7, 11) is 0. The maximum Gasteiger partial charge on any atom is 0.142 e. The van der Waals surface area contributed by atoms with Crippen LogP contribution >= 0.6 is 0 Å². The average molecular weight is 317 g/mol. The molecule has 0 aliphatic carbocycles. The minimum absolute atomic E-state index is 0.581. The van der Waals surface area contributed by atoms with E-state index in [2.05, 4.69) is 54.7 Å². The molecule has 2 heteroatoms. The Kier molecular flexibility index (Phi) is 5.52. The van der Waals surface area contributed by atoms with Gasteiger partial charge in [0.1, 0.15) is 12.4 Å². The van der Waals surface area contributed by atoms with E-state index in [1.54, 1.807) is 0 Å². The Morgan fingerprint density at radius 3 is 2.33 bits per heavy atom. The SMILES string of the molecule is Cc1ccccc1CCNc1ccccc1OCc1ccccc1. The molecule has 0 bridgehead atoms. The second-order valence-electron chi connectivity index (χ2n) is 5.87. The van der Waals surface area contributed by atoms with Crippen LogP contribution in [0.3, 0.4) is 0 Å². The van der Waals surface area contributed by atoms with Crippen LogP contribution < -0.4 is 10.1 Å². The van der Waals surface area contributed by atoms with Gasteiger partial charge < -0.3 is 10.1 Å². The lowest BCUT2D eigenvalue weighted by Gasteiger charge is -2.14. The molecule has 0 atom stereocenters. The average Bonchev–Trinajstić information content (AvgIpc) is 2.63. The molecule has 122 valence electrons. The van der Waals surface area contributed by atoms with E-state index in [9.17, 15) is 0 Å². The first-order valence-corrected chi connectivity index (χ1v) is 8.37. The number of anilines is 1. The van der Waals surface area contributed by atoms with Crippen LogP contribution in [0.15, 0.2) is 78.9 Å². The van der Waals surface area contributed by atoms with Crippen molar-refractivity contribution in [2.45, 2.75) is 20.0 Å². The number of hydrogen-bond donors (Lipinski definition) is 1. The molecule has 0 saturated carbocycles. The zero-order valence-electron chi connectivity index (χ0n) is 14.0. The first kappa shape index (κ1) is 16.1. The summed E-state index contributed by atoms with van der Waals surface area (Å²) >= 11 is 0. The molecule has 0 amide bonds. The zero-order valence-corrected chi connectivity index (χ0v) is 14.0. The minimum atomic E-state index is 0.581. The molecule has 0 spiro atoms. The number of aryl methyl sites for hydroxylation is 1. The van der Waals surface area contributed by atoms with Crippen molar-refractivity contribution >= 4 is 5.69 Å². The molecule has 0 radical (unpaired) electrons. The van der Waals surface area contributed by atoms with E-state index >= 15 is 0 Å². The summed E-state index contributed by atoms with van der Waals surface area (Å²) in [5.41, 5.74) is 4.94. The second kappa shape index (κ2) is 8.21. The summed E-state index contributed by atoms with van der Waals surface area (Å²) in [4.78, 5) is 0. The van der Waals surface area contributed by atoms with Crippen molar-refractivity contribution in [3.8, 4) is 5.75 Å². The molecule has 3 aromatic carbocycles. The van der Waals surface area contributed by atoms with Crippen molar-refractivity contribution < 1.29 is 4.74 Å². The normalized spacial score (nSPS) is 10.4. The Bertz CT molecular complexity index is 768. The van der Waals surface area contributed by atoms with Crippen LogP contribution in [0, 0.1) is 6.92 Å². The lowest BCUT2D eigenvalue weighted by atomic mass is 10.1. The van der Waals surface area contributed by atoms with E-state index in [0.717, 1.165) is 24.4 Å². The largest absolute Gasteiger partial charge is 0.487 e. The van der Waals surface area contributed by atoms with Gasteiger partial charge in [-0.25, -0.2) is 0 Å². The van der Waals surface area contributed by atoms with Crippen LogP contribution in [0.5, 0.6) is 5.75 Å².